The van der Waals surface area contributed by atoms with Gasteiger partial charge in [-0.15, -0.1) is 0 Å². The van der Waals surface area contributed by atoms with Crippen molar-refractivity contribution in [1.29, 1.82) is 0 Å². The molecule has 1 heterocycles. The number of rotatable bonds is 5. The number of esters is 1. The van der Waals surface area contributed by atoms with Crippen LogP contribution in [0.25, 0.3) is 0 Å². The molecule has 0 bridgehead atoms. The number of likely N-dealkylation sites (tertiary alicyclic amines) is 1. The normalized spacial score (nSPS) is 19.2. The molecule has 8 heteroatoms. The molecule has 0 radical (unpaired) electrons. The number of carbonyl (C=O) groups is 2. The van der Waals surface area contributed by atoms with Crippen LogP contribution in [0.5, 0.6) is 17.2 Å². The van der Waals surface area contributed by atoms with Crippen LogP contribution in [0.15, 0.2) is 12.1 Å². The number of benzene rings is 1. The summed E-state index contributed by atoms with van der Waals surface area (Å²) in [6.45, 7) is 5.33. The lowest BCUT2D eigenvalue weighted by molar-refractivity contribution is -0.146. The van der Waals surface area contributed by atoms with Gasteiger partial charge in [0.25, 0.3) is 0 Å². The van der Waals surface area contributed by atoms with Gasteiger partial charge < -0.3 is 23.7 Å². The van der Waals surface area contributed by atoms with Gasteiger partial charge in [-0.2, -0.15) is 0 Å². The van der Waals surface area contributed by atoms with E-state index >= 15 is 0 Å². The van der Waals surface area contributed by atoms with E-state index in [1.807, 2.05) is 0 Å². The van der Waals surface area contributed by atoms with Crippen LogP contribution in [-0.4, -0.2) is 57.0 Å². The molecule has 1 aromatic carbocycles. The molecule has 0 aromatic heterocycles. The maximum absolute atomic E-state index is 13.0. The van der Waals surface area contributed by atoms with Crippen molar-refractivity contribution in [3.8, 4) is 17.2 Å². The van der Waals surface area contributed by atoms with E-state index in [9.17, 15) is 9.59 Å². The topological polar surface area (TPSA) is 83.5 Å². The lowest BCUT2D eigenvalue weighted by Gasteiger charge is -2.32. The average molecular weight is 395 g/mol. The first kappa shape index (κ1) is 21.7. The fourth-order valence-corrected chi connectivity index (χ4v) is 3.39. The lowest BCUT2D eigenvalue weighted by Crippen LogP contribution is -2.45. The molecule has 0 aliphatic carbocycles. The highest BCUT2D eigenvalue weighted by atomic mass is 16.6. The van der Waals surface area contributed by atoms with Gasteiger partial charge in [-0.25, -0.2) is 9.59 Å². The van der Waals surface area contributed by atoms with Crippen LogP contribution in [0.2, 0.25) is 0 Å². The summed E-state index contributed by atoms with van der Waals surface area (Å²) in [7, 11) is 5.91. The molecular formula is C20H29NO7. The van der Waals surface area contributed by atoms with E-state index in [0.29, 0.717) is 35.7 Å². The zero-order chi connectivity index (χ0) is 21.1. The second kappa shape index (κ2) is 8.58. The minimum Gasteiger partial charge on any atom is -0.496 e. The van der Waals surface area contributed by atoms with Crippen molar-refractivity contribution in [3.63, 3.8) is 0 Å². The quantitative estimate of drug-likeness (QED) is 0.707. The lowest BCUT2D eigenvalue weighted by atomic mass is 10.0. The molecule has 1 aliphatic heterocycles. The van der Waals surface area contributed by atoms with Gasteiger partial charge in [0.15, 0.2) is 0 Å². The first-order valence-corrected chi connectivity index (χ1v) is 9.05. The Balaban J connectivity index is 2.56. The van der Waals surface area contributed by atoms with Crippen LogP contribution in [0.3, 0.4) is 0 Å². The summed E-state index contributed by atoms with van der Waals surface area (Å²) in [6, 6.07) is 2.21. The van der Waals surface area contributed by atoms with Crippen molar-refractivity contribution in [2.24, 2.45) is 0 Å². The Morgan fingerprint density at radius 2 is 1.54 bits per heavy atom. The maximum atomic E-state index is 13.0. The van der Waals surface area contributed by atoms with E-state index in [-0.39, 0.29) is 0 Å². The second-order valence-corrected chi connectivity index (χ2v) is 7.47. The molecular weight excluding hydrogens is 366 g/mol. The van der Waals surface area contributed by atoms with Crippen molar-refractivity contribution in [3.05, 3.63) is 17.7 Å². The Bertz CT molecular complexity index is 701. The highest BCUT2D eigenvalue weighted by Gasteiger charge is 2.46. The number of carbonyl (C=O) groups excluding carboxylic acids is 2. The van der Waals surface area contributed by atoms with Crippen LogP contribution in [0, 0.1) is 0 Å². The van der Waals surface area contributed by atoms with Crippen LogP contribution in [0.1, 0.15) is 45.2 Å². The number of nitrogens with zero attached hydrogens (tertiary/aromatic N) is 1. The van der Waals surface area contributed by atoms with E-state index in [1.165, 1.54) is 26.2 Å². The molecule has 2 atom stereocenters. The summed E-state index contributed by atoms with van der Waals surface area (Å²) >= 11 is 0. The third-order valence-electron chi connectivity index (χ3n) is 4.55. The van der Waals surface area contributed by atoms with E-state index < -0.39 is 29.7 Å². The van der Waals surface area contributed by atoms with E-state index in [2.05, 4.69) is 0 Å². The zero-order valence-corrected chi connectivity index (χ0v) is 17.5. The maximum Gasteiger partial charge on any atom is 0.411 e. The number of hydrogen-bond donors (Lipinski definition) is 0. The van der Waals surface area contributed by atoms with Crippen molar-refractivity contribution in [2.45, 2.75) is 51.3 Å². The molecule has 0 saturated carbocycles. The predicted molar refractivity (Wildman–Crippen MR) is 102 cm³/mol. The molecule has 1 fully saturated rings. The Labute approximate surface area is 165 Å². The SMILES string of the molecule is COC(=O)[C@@H]1CCC(c2c(OC)cc(OC)cc2OC)N1C(=O)OC(C)(C)C. The summed E-state index contributed by atoms with van der Waals surface area (Å²) in [5.74, 6) is 1.07. The molecule has 1 aliphatic rings. The van der Waals surface area contributed by atoms with Gasteiger partial charge in [-0.05, 0) is 33.6 Å². The minimum absolute atomic E-state index is 0.439. The Kier molecular flexibility index (Phi) is 6.64. The molecule has 2 rings (SSSR count). The van der Waals surface area contributed by atoms with Crippen molar-refractivity contribution >= 4 is 12.1 Å². The predicted octanol–water partition coefficient (Wildman–Crippen LogP) is 3.33. The average Bonchev–Trinajstić information content (AvgIpc) is 3.09. The van der Waals surface area contributed by atoms with Crippen molar-refractivity contribution in [2.75, 3.05) is 28.4 Å². The first-order valence-electron chi connectivity index (χ1n) is 9.05. The smallest absolute Gasteiger partial charge is 0.411 e. The van der Waals surface area contributed by atoms with Crippen LogP contribution in [0.4, 0.5) is 4.79 Å². The van der Waals surface area contributed by atoms with E-state index in [0.717, 1.165) is 0 Å². The van der Waals surface area contributed by atoms with Gasteiger partial charge in [0.1, 0.15) is 28.9 Å². The summed E-state index contributed by atoms with van der Waals surface area (Å²) in [6.07, 6.45) is 0.373. The van der Waals surface area contributed by atoms with Crippen LogP contribution in [-0.2, 0) is 14.3 Å². The van der Waals surface area contributed by atoms with Crippen molar-refractivity contribution < 1.29 is 33.3 Å². The van der Waals surface area contributed by atoms with Gasteiger partial charge in [-0.1, -0.05) is 0 Å². The Morgan fingerprint density at radius 1 is 0.964 bits per heavy atom. The third-order valence-corrected chi connectivity index (χ3v) is 4.55. The molecule has 0 spiro atoms. The standard InChI is InChI=1S/C20H29NO7/c1-20(2,3)28-19(23)21-13(8-9-14(21)18(22)27-7)17-15(25-5)10-12(24-4)11-16(17)26-6/h10-11,13-14H,8-9H2,1-7H3/t13?,14-/m0/s1. The number of hydrogen-bond acceptors (Lipinski definition) is 7. The van der Waals surface area contributed by atoms with Gasteiger partial charge in [0.05, 0.1) is 40.0 Å². The number of ether oxygens (including phenoxy) is 5. The van der Waals surface area contributed by atoms with Gasteiger partial charge in [-0.3, -0.25) is 4.90 Å². The minimum atomic E-state index is -0.749. The van der Waals surface area contributed by atoms with Crippen LogP contribution >= 0.6 is 0 Å². The fourth-order valence-electron chi connectivity index (χ4n) is 3.39. The summed E-state index contributed by atoms with van der Waals surface area (Å²) in [4.78, 5) is 26.7. The Morgan fingerprint density at radius 3 is 1.96 bits per heavy atom. The summed E-state index contributed by atoms with van der Waals surface area (Å²) in [5.41, 5.74) is -0.0537. The molecule has 8 nitrogen and oxygen atoms in total. The Hall–Kier alpha value is -2.64. The molecule has 1 saturated heterocycles. The van der Waals surface area contributed by atoms with E-state index in [1.54, 1.807) is 40.0 Å². The van der Waals surface area contributed by atoms with Crippen LogP contribution < -0.4 is 14.2 Å². The molecule has 1 unspecified atom stereocenters. The first-order chi connectivity index (χ1) is 13.2. The number of amides is 1. The zero-order valence-electron chi connectivity index (χ0n) is 17.5. The molecule has 28 heavy (non-hydrogen) atoms. The van der Waals surface area contributed by atoms with Gasteiger partial charge >= 0.3 is 12.1 Å². The number of methoxy groups -OCH3 is 4. The third kappa shape index (κ3) is 4.43. The van der Waals surface area contributed by atoms with Gasteiger partial charge in [0.2, 0.25) is 0 Å². The highest BCUT2D eigenvalue weighted by molar-refractivity contribution is 5.83. The second-order valence-electron chi connectivity index (χ2n) is 7.47. The molecule has 156 valence electrons. The molecule has 1 aromatic rings. The van der Waals surface area contributed by atoms with Crippen molar-refractivity contribution in [1.82, 2.24) is 4.90 Å². The monoisotopic (exact) mass is 395 g/mol. The van der Waals surface area contributed by atoms with Gasteiger partial charge in [0, 0.05) is 12.1 Å². The largest absolute Gasteiger partial charge is 0.496 e. The fraction of sp³-hybridized carbons (Fsp3) is 0.600. The molecule has 1 amide bonds. The molecule has 0 N–H and O–H groups in total. The summed E-state index contributed by atoms with van der Waals surface area (Å²) < 4.78 is 26.8. The van der Waals surface area contributed by atoms with E-state index in [4.69, 9.17) is 23.7 Å². The highest BCUT2D eigenvalue weighted by Crippen LogP contribution is 2.47. The summed E-state index contributed by atoms with van der Waals surface area (Å²) in [5, 5.41) is 0.